The molecule has 3 aromatic heterocycles. The highest BCUT2D eigenvalue weighted by atomic mass is 16.5. The van der Waals surface area contributed by atoms with Crippen molar-refractivity contribution in [3.63, 3.8) is 0 Å². The highest BCUT2D eigenvalue weighted by Gasteiger charge is 2.20. The normalized spacial score (nSPS) is 16.8. The fourth-order valence-corrected chi connectivity index (χ4v) is 5.28. The molecule has 208 valence electrons. The fourth-order valence-electron chi connectivity index (χ4n) is 5.28. The highest BCUT2D eigenvalue weighted by molar-refractivity contribution is 5.77. The van der Waals surface area contributed by atoms with Gasteiger partial charge in [-0.3, -0.25) is 9.69 Å². The Kier molecular flexibility index (Phi) is 7.61. The van der Waals surface area contributed by atoms with Crippen molar-refractivity contribution in [2.24, 2.45) is 0 Å². The van der Waals surface area contributed by atoms with E-state index in [2.05, 4.69) is 58.5 Å². The first-order valence-corrected chi connectivity index (χ1v) is 14.0. The van der Waals surface area contributed by atoms with Crippen LogP contribution in [0, 0.1) is 0 Å². The molecule has 0 saturated heterocycles. The fraction of sp³-hybridized carbons (Fsp3) is 0.400. The molecule has 1 aromatic carbocycles. The Balaban J connectivity index is 1.34. The second kappa shape index (κ2) is 11.6. The van der Waals surface area contributed by atoms with E-state index >= 15 is 0 Å². The van der Waals surface area contributed by atoms with Gasteiger partial charge >= 0.3 is 0 Å². The summed E-state index contributed by atoms with van der Waals surface area (Å²) in [6.45, 7) is 5.12. The molecule has 10 nitrogen and oxygen atoms in total. The molecular formula is C30H36N8O2. The minimum atomic E-state index is -0.152. The maximum atomic E-state index is 13.5. The number of aromatic nitrogens is 5. The number of hydrogen-bond donors (Lipinski definition) is 1. The molecule has 0 amide bonds. The van der Waals surface area contributed by atoms with Gasteiger partial charge in [0.1, 0.15) is 5.39 Å². The number of nitrogens with zero attached hydrogens (tertiary/aromatic N) is 7. The lowest BCUT2D eigenvalue weighted by molar-refractivity contribution is 0.225. The minimum Gasteiger partial charge on any atom is -0.478 e. The smallest absolute Gasteiger partial charge is 0.278 e. The van der Waals surface area contributed by atoms with E-state index in [9.17, 15) is 4.79 Å². The summed E-state index contributed by atoms with van der Waals surface area (Å²) in [5.41, 5.74) is 3.99. The van der Waals surface area contributed by atoms with Gasteiger partial charge in [0.2, 0.25) is 11.8 Å². The third-order valence-corrected chi connectivity index (χ3v) is 7.48. The molecule has 2 bridgehead atoms. The van der Waals surface area contributed by atoms with Crippen LogP contribution in [0.3, 0.4) is 0 Å². The lowest BCUT2D eigenvalue weighted by Gasteiger charge is -2.30. The second-order valence-electron chi connectivity index (χ2n) is 10.7. The van der Waals surface area contributed by atoms with Gasteiger partial charge in [0, 0.05) is 44.1 Å². The molecule has 1 N–H and O–H groups in total. The van der Waals surface area contributed by atoms with Gasteiger partial charge in [-0.25, -0.2) is 14.3 Å². The zero-order valence-corrected chi connectivity index (χ0v) is 23.2. The van der Waals surface area contributed by atoms with E-state index in [1.165, 1.54) is 11.1 Å². The van der Waals surface area contributed by atoms with Crippen molar-refractivity contribution in [1.82, 2.24) is 34.1 Å². The number of allylic oxidation sites excluding steroid dienone is 2. The van der Waals surface area contributed by atoms with E-state index in [0.29, 0.717) is 41.8 Å². The first-order valence-electron chi connectivity index (χ1n) is 14.0. The van der Waals surface area contributed by atoms with E-state index in [1.54, 1.807) is 15.6 Å². The Bertz CT molecular complexity index is 1590. The highest BCUT2D eigenvalue weighted by Crippen LogP contribution is 2.25. The number of fused-ring (bicyclic) bond motifs is 7. The Hall–Kier alpha value is -4.02. The van der Waals surface area contributed by atoms with Crippen LogP contribution in [0.5, 0.6) is 5.88 Å². The first-order chi connectivity index (χ1) is 19.5. The molecule has 4 aromatic rings. The topological polar surface area (TPSA) is 93.3 Å². The Morgan fingerprint density at radius 1 is 1.07 bits per heavy atom. The largest absolute Gasteiger partial charge is 0.478 e. The summed E-state index contributed by atoms with van der Waals surface area (Å²) in [6.07, 6.45) is 9.71. The van der Waals surface area contributed by atoms with E-state index in [4.69, 9.17) is 14.7 Å². The number of ether oxygens (including phenoxy) is 1. The van der Waals surface area contributed by atoms with Crippen LogP contribution in [-0.2, 0) is 19.5 Å². The number of pyridine rings is 1. The van der Waals surface area contributed by atoms with Gasteiger partial charge in [-0.2, -0.15) is 9.97 Å². The van der Waals surface area contributed by atoms with Crippen LogP contribution in [0.25, 0.3) is 16.9 Å². The molecule has 0 fully saturated rings. The van der Waals surface area contributed by atoms with Crippen molar-refractivity contribution in [2.75, 3.05) is 45.7 Å². The predicted octanol–water partition coefficient (Wildman–Crippen LogP) is 3.76. The van der Waals surface area contributed by atoms with Gasteiger partial charge in [0.05, 0.1) is 13.2 Å². The average molecular weight is 541 g/mol. The molecule has 10 heteroatoms. The molecule has 0 spiro atoms. The van der Waals surface area contributed by atoms with Crippen molar-refractivity contribution in [3.8, 4) is 11.7 Å². The van der Waals surface area contributed by atoms with Crippen LogP contribution >= 0.6 is 0 Å². The standard InChI is InChI=1S/C30H36N8O2/c1-35(2)16-17-36-15-13-22-11-12-24(19-23(22)21-36)32-30-31-20-25-28(34-30)38-26-9-8-10-27(33-26)40-18-7-5-3-4-6-14-37(38)29(25)39/h4,6,8-12,19-20H,3,5,7,13-18,21H2,1-2H3,(H,31,32,34)/b6-4+. The van der Waals surface area contributed by atoms with E-state index in [1.807, 2.05) is 24.3 Å². The summed E-state index contributed by atoms with van der Waals surface area (Å²) in [4.78, 5) is 32.2. The first kappa shape index (κ1) is 26.2. The van der Waals surface area contributed by atoms with Gasteiger partial charge in [-0.15, -0.1) is 0 Å². The Morgan fingerprint density at radius 2 is 2.00 bits per heavy atom. The molecule has 0 aliphatic carbocycles. The van der Waals surface area contributed by atoms with E-state index in [-0.39, 0.29) is 5.56 Å². The third-order valence-electron chi connectivity index (χ3n) is 7.48. The molecule has 40 heavy (non-hydrogen) atoms. The molecule has 0 atom stereocenters. The van der Waals surface area contributed by atoms with Crippen LogP contribution in [0.4, 0.5) is 11.6 Å². The zero-order valence-electron chi connectivity index (χ0n) is 23.2. The molecule has 0 saturated carbocycles. The van der Waals surface area contributed by atoms with Crippen molar-refractivity contribution in [1.29, 1.82) is 0 Å². The van der Waals surface area contributed by atoms with Gasteiger partial charge in [-0.1, -0.05) is 24.3 Å². The molecule has 2 aliphatic heterocycles. The third kappa shape index (κ3) is 5.64. The second-order valence-corrected chi connectivity index (χ2v) is 10.7. The monoisotopic (exact) mass is 540 g/mol. The number of benzene rings is 1. The number of nitrogens with one attached hydrogen (secondary N) is 1. The SMILES string of the molecule is CN(C)CCN1CCc2ccc(Nc3ncc4c(=O)n5n(c4n3)-c3cccc(n3)OCCCC/C=C/C5)cc2C1. The quantitative estimate of drug-likeness (QED) is 0.383. The number of hydrogen-bond acceptors (Lipinski definition) is 8. The van der Waals surface area contributed by atoms with Crippen molar-refractivity contribution in [2.45, 2.75) is 38.8 Å². The van der Waals surface area contributed by atoms with Crippen LogP contribution < -0.4 is 15.6 Å². The Morgan fingerprint density at radius 3 is 2.90 bits per heavy atom. The van der Waals surface area contributed by atoms with Crippen LogP contribution in [0.2, 0.25) is 0 Å². The molecular weight excluding hydrogens is 504 g/mol. The molecule has 0 unspecified atom stereocenters. The van der Waals surface area contributed by atoms with Gasteiger partial charge < -0.3 is 15.0 Å². The summed E-state index contributed by atoms with van der Waals surface area (Å²) in [6, 6.07) is 12.1. The average Bonchev–Trinajstić information content (AvgIpc) is 3.23. The lowest BCUT2D eigenvalue weighted by Crippen LogP contribution is -2.35. The van der Waals surface area contributed by atoms with Crippen molar-refractivity contribution in [3.05, 3.63) is 76.2 Å². The maximum Gasteiger partial charge on any atom is 0.278 e. The van der Waals surface area contributed by atoms with Gasteiger partial charge in [0.25, 0.3) is 5.56 Å². The summed E-state index contributed by atoms with van der Waals surface area (Å²) in [5.74, 6) is 1.54. The van der Waals surface area contributed by atoms with E-state index in [0.717, 1.165) is 57.5 Å². The lowest BCUT2D eigenvalue weighted by atomic mass is 9.99. The number of likely N-dealkylation sites (N-methyl/N-ethyl adjacent to an activating group) is 1. The van der Waals surface area contributed by atoms with E-state index < -0.39 is 0 Å². The van der Waals surface area contributed by atoms with Crippen LogP contribution in [-0.4, -0.2) is 74.5 Å². The summed E-state index contributed by atoms with van der Waals surface area (Å²) in [7, 11) is 4.22. The van der Waals surface area contributed by atoms with Crippen molar-refractivity contribution < 1.29 is 4.74 Å². The van der Waals surface area contributed by atoms with Crippen LogP contribution in [0.15, 0.2) is 59.5 Å². The molecule has 5 heterocycles. The summed E-state index contributed by atoms with van der Waals surface area (Å²) in [5, 5.41) is 3.82. The Labute approximate surface area is 233 Å². The number of rotatable bonds is 5. The minimum absolute atomic E-state index is 0.152. The predicted molar refractivity (Wildman–Crippen MR) is 157 cm³/mol. The van der Waals surface area contributed by atoms with Crippen LogP contribution in [0.1, 0.15) is 30.4 Å². The zero-order chi connectivity index (χ0) is 27.5. The van der Waals surface area contributed by atoms with Crippen molar-refractivity contribution >= 4 is 22.7 Å². The summed E-state index contributed by atoms with van der Waals surface area (Å²) >= 11 is 0. The maximum absolute atomic E-state index is 13.5. The number of anilines is 2. The van der Waals surface area contributed by atoms with Gasteiger partial charge in [0.15, 0.2) is 11.5 Å². The molecule has 0 radical (unpaired) electrons. The summed E-state index contributed by atoms with van der Waals surface area (Å²) < 4.78 is 9.32. The van der Waals surface area contributed by atoms with Gasteiger partial charge in [-0.05, 0) is 69.1 Å². The molecule has 2 aliphatic rings. The molecule has 6 rings (SSSR count).